The number of imidazole rings is 1. The van der Waals surface area contributed by atoms with Crippen molar-refractivity contribution >= 4 is 18.1 Å². The maximum absolute atomic E-state index is 10.8. The van der Waals surface area contributed by atoms with E-state index in [0.717, 1.165) is 11.9 Å². The van der Waals surface area contributed by atoms with E-state index in [1.807, 2.05) is 27.7 Å². The number of carbonyl (C=O) groups excluding carboxylic acids is 1. The van der Waals surface area contributed by atoms with Crippen LogP contribution in [0.3, 0.4) is 0 Å². The molecule has 0 atom stereocenters. The largest absolute Gasteiger partial charge is 0.307 e. The van der Waals surface area contributed by atoms with Crippen LogP contribution in [0.5, 0.6) is 0 Å². The van der Waals surface area contributed by atoms with Gasteiger partial charge in [0.1, 0.15) is 5.82 Å². The van der Waals surface area contributed by atoms with Crippen LogP contribution in [0.15, 0.2) is 24.5 Å². The fraction of sp³-hybridized carbons (Fsp3) is 0.333. The van der Waals surface area contributed by atoms with Gasteiger partial charge in [-0.25, -0.2) is 4.98 Å². The van der Waals surface area contributed by atoms with Gasteiger partial charge in [-0.3, -0.25) is 4.79 Å². The van der Waals surface area contributed by atoms with Crippen molar-refractivity contribution in [3.05, 3.63) is 30.4 Å². The van der Waals surface area contributed by atoms with Crippen molar-refractivity contribution in [2.75, 3.05) is 0 Å². The molecule has 3 nitrogen and oxygen atoms in total. The molecule has 0 unspecified atom stereocenters. The Bertz CT molecular complexity index is 357. The zero-order valence-electron chi connectivity index (χ0n) is 9.82. The monoisotopic (exact) mass is 206 g/mol. The number of hydrogen-bond acceptors (Lipinski definition) is 2. The molecule has 1 aromatic rings. The van der Waals surface area contributed by atoms with E-state index in [-0.39, 0.29) is 0 Å². The minimum Gasteiger partial charge on any atom is -0.307 e. The van der Waals surface area contributed by atoms with Crippen molar-refractivity contribution in [3.63, 3.8) is 0 Å². The molecule has 1 aromatic heterocycles. The van der Waals surface area contributed by atoms with E-state index in [0.29, 0.717) is 11.4 Å². The fourth-order valence-corrected chi connectivity index (χ4v) is 1.06. The van der Waals surface area contributed by atoms with E-state index < -0.39 is 0 Å². The molecule has 0 amide bonds. The van der Waals surface area contributed by atoms with Gasteiger partial charge < -0.3 is 4.57 Å². The Kier molecular flexibility index (Phi) is 6.02. The van der Waals surface area contributed by atoms with Crippen molar-refractivity contribution in [1.29, 1.82) is 0 Å². The average molecular weight is 206 g/mol. The predicted molar refractivity (Wildman–Crippen MR) is 64.3 cm³/mol. The van der Waals surface area contributed by atoms with E-state index in [1.165, 1.54) is 0 Å². The third-order valence-electron chi connectivity index (χ3n) is 1.76. The van der Waals surface area contributed by atoms with Gasteiger partial charge in [0.25, 0.3) is 0 Å². The van der Waals surface area contributed by atoms with Crippen molar-refractivity contribution in [3.8, 4) is 0 Å². The summed E-state index contributed by atoms with van der Waals surface area (Å²) in [7, 11) is 0. The SMILES string of the molecule is C=Cn1ccnc1C(C=O)=C(C)C.CC. The molecule has 15 heavy (non-hydrogen) atoms. The number of hydrogen-bond donors (Lipinski definition) is 0. The number of rotatable bonds is 3. The Morgan fingerprint density at radius 2 is 2.07 bits per heavy atom. The van der Waals surface area contributed by atoms with Crippen LogP contribution < -0.4 is 0 Å². The number of carbonyl (C=O) groups is 1. The Morgan fingerprint density at radius 3 is 2.47 bits per heavy atom. The van der Waals surface area contributed by atoms with Crippen molar-refractivity contribution in [1.82, 2.24) is 9.55 Å². The summed E-state index contributed by atoms with van der Waals surface area (Å²) >= 11 is 0. The Balaban J connectivity index is 0.000000921. The van der Waals surface area contributed by atoms with Crippen LogP contribution in [0.4, 0.5) is 0 Å². The van der Waals surface area contributed by atoms with Crippen molar-refractivity contribution in [2.24, 2.45) is 0 Å². The summed E-state index contributed by atoms with van der Waals surface area (Å²) in [5.41, 5.74) is 1.56. The lowest BCUT2D eigenvalue weighted by atomic mass is 10.1. The average Bonchev–Trinajstić information content (AvgIpc) is 2.69. The number of allylic oxidation sites excluding steroid dienone is 2. The van der Waals surface area contributed by atoms with Gasteiger partial charge in [0.2, 0.25) is 0 Å². The van der Waals surface area contributed by atoms with E-state index in [1.54, 1.807) is 23.2 Å². The Hall–Kier alpha value is -1.64. The molecule has 1 heterocycles. The highest BCUT2D eigenvalue weighted by Gasteiger charge is 2.07. The summed E-state index contributed by atoms with van der Waals surface area (Å²) in [6.07, 6.45) is 5.84. The van der Waals surface area contributed by atoms with E-state index in [4.69, 9.17) is 0 Å². The second kappa shape index (κ2) is 6.76. The van der Waals surface area contributed by atoms with Crippen LogP contribution in [0.2, 0.25) is 0 Å². The summed E-state index contributed by atoms with van der Waals surface area (Å²) in [5.74, 6) is 0.644. The molecule has 0 bridgehead atoms. The second-order valence-electron chi connectivity index (χ2n) is 2.87. The maximum atomic E-state index is 10.8. The van der Waals surface area contributed by atoms with Crippen LogP contribution in [0.1, 0.15) is 33.5 Å². The van der Waals surface area contributed by atoms with Crippen LogP contribution in [-0.4, -0.2) is 15.8 Å². The molecule has 82 valence electrons. The maximum Gasteiger partial charge on any atom is 0.153 e. The number of aldehydes is 1. The van der Waals surface area contributed by atoms with Gasteiger partial charge in [-0.05, 0) is 13.8 Å². The minimum absolute atomic E-state index is 0.616. The van der Waals surface area contributed by atoms with E-state index >= 15 is 0 Å². The molecule has 3 heteroatoms. The molecule has 0 aliphatic rings. The smallest absolute Gasteiger partial charge is 0.153 e. The lowest BCUT2D eigenvalue weighted by Gasteiger charge is -2.02. The summed E-state index contributed by atoms with van der Waals surface area (Å²) in [4.78, 5) is 14.8. The molecule has 0 radical (unpaired) electrons. The summed E-state index contributed by atoms with van der Waals surface area (Å²) in [6, 6.07) is 0. The van der Waals surface area contributed by atoms with Gasteiger partial charge in [0.05, 0.1) is 5.57 Å². The van der Waals surface area contributed by atoms with Gasteiger partial charge in [0, 0.05) is 18.6 Å². The zero-order chi connectivity index (χ0) is 11.8. The minimum atomic E-state index is 0.616. The highest BCUT2D eigenvalue weighted by Crippen LogP contribution is 2.14. The first kappa shape index (κ1) is 13.4. The zero-order valence-corrected chi connectivity index (χ0v) is 9.82. The van der Waals surface area contributed by atoms with Crippen LogP contribution in [-0.2, 0) is 4.79 Å². The van der Waals surface area contributed by atoms with Gasteiger partial charge >= 0.3 is 0 Å². The second-order valence-corrected chi connectivity index (χ2v) is 2.87. The normalized spacial score (nSPS) is 8.53. The highest BCUT2D eigenvalue weighted by atomic mass is 16.1. The van der Waals surface area contributed by atoms with Gasteiger partial charge in [-0.15, -0.1) is 0 Å². The van der Waals surface area contributed by atoms with E-state index in [2.05, 4.69) is 11.6 Å². The van der Waals surface area contributed by atoms with Crippen LogP contribution >= 0.6 is 0 Å². The van der Waals surface area contributed by atoms with Crippen LogP contribution in [0, 0.1) is 0 Å². The number of aromatic nitrogens is 2. The van der Waals surface area contributed by atoms with Gasteiger partial charge in [0.15, 0.2) is 6.29 Å². The molecule has 0 saturated heterocycles. The van der Waals surface area contributed by atoms with Crippen LogP contribution in [0.25, 0.3) is 11.8 Å². The predicted octanol–water partition coefficient (Wildman–Crippen LogP) is 3.00. The first-order chi connectivity index (χ1) is 7.20. The fourth-order valence-electron chi connectivity index (χ4n) is 1.06. The van der Waals surface area contributed by atoms with Crippen molar-refractivity contribution in [2.45, 2.75) is 27.7 Å². The molecule has 0 N–H and O–H groups in total. The summed E-state index contributed by atoms with van der Waals surface area (Å²) in [6.45, 7) is 11.4. The highest BCUT2D eigenvalue weighted by molar-refractivity contribution is 6.06. The molecule has 0 aliphatic carbocycles. The molecule has 0 aromatic carbocycles. The molecule has 0 aliphatic heterocycles. The molecule has 1 rings (SSSR count). The standard InChI is InChI=1S/C10H12N2O.C2H6/c1-4-12-6-5-11-10(12)9(7-13)8(2)3;1-2/h4-7H,1H2,2-3H3;1-2H3. The first-order valence-electron chi connectivity index (χ1n) is 4.99. The Labute approximate surface area is 91.1 Å². The summed E-state index contributed by atoms with van der Waals surface area (Å²) < 4.78 is 1.72. The van der Waals surface area contributed by atoms with Crippen molar-refractivity contribution < 1.29 is 4.79 Å². The number of nitrogens with zero attached hydrogens (tertiary/aromatic N) is 2. The lowest BCUT2D eigenvalue weighted by Crippen LogP contribution is -1.97. The molecular formula is C12H18N2O. The van der Waals surface area contributed by atoms with Gasteiger partial charge in [-0.1, -0.05) is 26.0 Å². The summed E-state index contributed by atoms with van der Waals surface area (Å²) in [5, 5.41) is 0. The van der Waals surface area contributed by atoms with E-state index in [9.17, 15) is 4.79 Å². The molecule has 0 spiro atoms. The third-order valence-corrected chi connectivity index (χ3v) is 1.76. The topological polar surface area (TPSA) is 34.9 Å². The third kappa shape index (κ3) is 3.20. The first-order valence-corrected chi connectivity index (χ1v) is 4.99. The lowest BCUT2D eigenvalue weighted by molar-refractivity contribution is -0.103. The quantitative estimate of drug-likeness (QED) is 0.563. The molecular weight excluding hydrogens is 188 g/mol. The van der Waals surface area contributed by atoms with Gasteiger partial charge in [-0.2, -0.15) is 0 Å². The Morgan fingerprint density at radius 1 is 1.47 bits per heavy atom. The molecule has 0 fully saturated rings. The molecule has 0 saturated carbocycles.